The molecule has 0 aromatic rings. The van der Waals surface area contributed by atoms with Gasteiger partial charge in [-0.3, -0.25) is 14.2 Å². The van der Waals surface area contributed by atoms with Gasteiger partial charge in [0.25, 0.3) is 15.4 Å². The van der Waals surface area contributed by atoms with Gasteiger partial charge in [-0.15, -0.1) is 11.1 Å². The van der Waals surface area contributed by atoms with E-state index in [1.54, 1.807) is 0 Å². The number of hydrogen-bond donors (Lipinski definition) is 0. The van der Waals surface area contributed by atoms with E-state index in [0.717, 1.165) is 32.1 Å². The number of likely N-dealkylation sites (N-methyl/N-ethyl adjacent to an activating group) is 1. The van der Waals surface area contributed by atoms with Crippen LogP contribution in [0.4, 0.5) is 0 Å². The topological polar surface area (TPSA) is 120 Å². The zero-order valence-corrected chi connectivity index (χ0v) is 25.6. The number of halogens is 1. The van der Waals surface area contributed by atoms with Crippen molar-refractivity contribution in [2.75, 3.05) is 54.1 Å². The van der Waals surface area contributed by atoms with E-state index in [1.165, 1.54) is 0 Å². The Bertz CT molecular complexity index is 671. The number of hydrogen-bond acceptors (Lipinski definition) is 9. The van der Waals surface area contributed by atoms with E-state index in [4.69, 9.17) is 34.0 Å². The van der Waals surface area contributed by atoms with Crippen LogP contribution in [0, 0.1) is 0 Å². The zero-order chi connectivity index (χ0) is 27.7. The summed E-state index contributed by atoms with van der Waals surface area (Å²) in [7, 11) is -0.922. The van der Waals surface area contributed by atoms with E-state index in [9.17, 15) is 19.0 Å². The van der Waals surface area contributed by atoms with E-state index in [2.05, 4.69) is 0 Å². The molecule has 0 amide bonds. The van der Waals surface area contributed by atoms with Gasteiger partial charge in [-0.2, -0.15) is 0 Å². The van der Waals surface area contributed by atoms with Crippen LogP contribution in [0.15, 0.2) is 0 Å². The fraction of sp³-hybridized carbons (Fsp3) is 0.913. The van der Waals surface area contributed by atoms with Crippen molar-refractivity contribution >= 4 is 38.5 Å². The molecule has 0 bridgehead atoms. The standard InChI is InChI=1S/C23H47ClNO9PSi/c1-7-8-11-14-22(26)30-19-21(20-32-35(28,29)31-18-16-25(2,3)4)34-23(27)15-12-9-10-13-17-33-36(5,6)24/h21H,7-20H2,1-6H3. The summed E-state index contributed by atoms with van der Waals surface area (Å²) in [4.78, 5) is 36.3. The lowest BCUT2D eigenvalue weighted by Gasteiger charge is -2.28. The average molecular weight is 576 g/mol. The fourth-order valence-electron chi connectivity index (χ4n) is 2.82. The van der Waals surface area contributed by atoms with E-state index < -0.39 is 40.1 Å². The molecule has 0 aromatic carbocycles. The third-order valence-electron chi connectivity index (χ3n) is 4.86. The summed E-state index contributed by atoms with van der Waals surface area (Å²) in [6.07, 6.45) is 5.08. The molecule has 0 aliphatic heterocycles. The van der Waals surface area contributed by atoms with Gasteiger partial charge < -0.3 is 32.3 Å². The van der Waals surface area contributed by atoms with Crippen LogP contribution in [-0.2, 0) is 37.1 Å². The number of unbranched alkanes of at least 4 members (excludes halogenated alkanes) is 5. The molecule has 10 nitrogen and oxygen atoms in total. The molecule has 36 heavy (non-hydrogen) atoms. The number of phosphoric acid groups is 1. The lowest BCUT2D eigenvalue weighted by Crippen LogP contribution is -2.37. The lowest BCUT2D eigenvalue weighted by molar-refractivity contribution is -0.870. The van der Waals surface area contributed by atoms with Crippen molar-refractivity contribution in [1.29, 1.82) is 0 Å². The summed E-state index contributed by atoms with van der Waals surface area (Å²) in [5, 5.41) is 0. The van der Waals surface area contributed by atoms with Gasteiger partial charge in [0.2, 0.25) is 0 Å². The maximum absolute atomic E-state index is 12.3. The second-order valence-electron chi connectivity index (χ2n) is 10.2. The van der Waals surface area contributed by atoms with Gasteiger partial charge in [0.1, 0.15) is 19.8 Å². The van der Waals surface area contributed by atoms with Gasteiger partial charge in [0.05, 0.1) is 27.7 Å². The van der Waals surface area contributed by atoms with Crippen molar-refractivity contribution in [3.63, 3.8) is 0 Å². The smallest absolute Gasteiger partial charge is 0.306 e. The molecule has 0 spiro atoms. The van der Waals surface area contributed by atoms with Crippen molar-refractivity contribution < 1.29 is 46.5 Å². The third-order valence-corrected chi connectivity index (χ3v) is 7.05. The van der Waals surface area contributed by atoms with Gasteiger partial charge >= 0.3 is 11.9 Å². The summed E-state index contributed by atoms with van der Waals surface area (Å²) in [5.41, 5.74) is 0. The average Bonchev–Trinajstić information content (AvgIpc) is 2.73. The van der Waals surface area contributed by atoms with Gasteiger partial charge in [-0.1, -0.05) is 32.6 Å². The quantitative estimate of drug-likeness (QED) is 0.0468. The van der Waals surface area contributed by atoms with Crippen LogP contribution in [0.2, 0.25) is 13.1 Å². The number of esters is 2. The van der Waals surface area contributed by atoms with Crippen molar-refractivity contribution in [3.8, 4) is 0 Å². The molecule has 0 fully saturated rings. The Kier molecular flexibility index (Phi) is 18.4. The van der Waals surface area contributed by atoms with Crippen molar-refractivity contribution in [3.05, 3.63) is 0 Å². The monoisotopic (exact) mass is 575 g/mol. The molecular formula is C23H47ClNO9PSi. The van der Waals surface area contributed by atoms with Crippen molar-refractivity contribution in [2.24, 2.45) is 0 Å². The molecule has 0 rings (SSSR count). The fourth-order valence-corrected chi connectivity index (χ4v) is 4.41. The minimum Gasteiger partial charge on any atom is -0.756 e. The highest BCUT2D eigenvalue weighted by Gasteiger charge is 2.22. The maximum Gasteiger partial charge on any atom is 0.306 e. The molecule has 0 saturated carbocycles. The van der Waals surface area contributed by atoms with Crippen molar-refractivity contribution in [2.45, 2.75) is 83.9 Å². The number of quaternary nitrogens is 1. The summed E-state index contributed by atoms with van der Waals surface area (Å²) >= 11 is 6.10. The highest BCUT2D eigenvalue weighted by atomic mass is 35.6. The highest BCUT2D eigenvalue weighted by Crippen LogP contribution is 2.38. The first kappa shape index (κ1) is 35.5. The number of phosphoric ester groups is 1. The first-order chi connectivity index (χ1) is 16.6. The Morgan fingerprint density at radius 3 is 2.14 bits per heavy atom. The van der Waals surface area contributed by atoms with Gasteiger partial charge in [0.15, 0.2) is 6.10 Å². The van der Waals surface area contributed by atoms with Gasteiger partial charge in [0, 0.05) is 19.4 Å². The van der Waals surface area contributed by atoms with Crippen LogP contribution in [0.1, 0.15) is 64.7 Å². The summed E-state index contributed by atoms with van der Waals surface area (Å²) in [6, 6.07) is 0. The second-order valence-corrected chi connectivity index (χ2v) is 17.4. The molecule has 0 radical (unpaired) electrons. The lowest BCUT2D eigenvalue weighted by atomic mass is 10.1. The van der Waals surface area contributed by atoms with Crippen LogP contribution in [0.25, 0.3) is 0 Å². The minimum atomic E-state index is -4.60. The Labute approximate surface area is 222 Å². The van der Waals surface area contributed by atoms with E-state index in [0.29, 0.717) is 30.5 Å². The van der Waals surface area contributed by atoms with E-state index in [-0.39, 0.29) is 26.1 Å². The maximum atomic E-state index is 12.3. The Hall–Kier alpha value is -0.523. The second kappa shape index (κ2) is 18.7. The predicted molar refractivity (Wildman–Crippen MR) is 140 cm³/mol. The van der Waals surface area contributed by atoms with Crippen molar-refractivity contribution in [1.82, 2.24) is 0 Å². The summed E-state index contributed by atoms with van der Waals surface area (Å²) in [5.74, 6) is -0.942. The molecule has 2 atom stereocenters. The summed E-state index contributed by atoms with van der Waals surface area (Å²) < 4.78 is 38.5. The first-order valence-electron chi connectivity index (χ1n) is 12.7. The minimum absolute atomic E-state index is 0.0449. The largest absolute Gasteiger partial charge is 0.756 e. The highest BCUT2D eigenvalue weighted by molar-refractivity contribution is 7.45. The number of ether oxygens (including phenoxy) is 2. The molecule has 0 aliphatic carbocycles. The Morgan fingerprint density at radius 2 is 1.53 bits per heavy atom. The van der Waals surface area contributed by atoms with E-state index in [1.807, 2.05) is 41.2 Å². The molecule has 0 aromatic heterocycles. The first-order valence-corrected chi connectivity index (χ1v) is 18.1. The molecular weight excluding hydrogens is 529 g/mol. The number of rotatable bonds is 22. The third kappa shape index (κ3) is 23.9. The zero-order valence-electron chi connectivity index (χ0n) is 22.9. The molecule has 0 N–H and O–H groups in total. The molecule has 2 unspecified atom stereocenters. The van der Waals surface area contributed by atoms with Crippen LogP contribution < -0.4 is 4.89 Å². The normalized spacial score (nSPS) is 14.8. The molecule has 13 heteroatoms. The van der Waals surface area contributed by atoms with Crippen LogP contribution in [0.5, 0.6) is 0 Å². The van der Waals surface area contributed by atoms with Crippen LogP contribution in [0.3, 0.4) is 0 Å². The molecule has 0 heterocycles. The molecule has 0 aliphatic rings. The Morgan fingerprint density at radius 1 is 0.917 bits per heavy atom. The number of carbonyl (C=O) groups excluding carboxylic acids is 2. The molecule has 0 saturated heterocycles. The number of nitrogens with zero attached hydrogens (tertiary/aromatic N) is 1. The predicted octanol–water partition coefficient (Wildman–Crippen LogP) is 4.14. The summed E-state index contributed by atoms with van der Waals surface area (Å²) in [6.45, 7) is 6.09. The van der Waals surface area contributed by atoms with E-state index >= 15 is 0 Å². The van der Waals surface area contributed by atoms with Crippen LogP contribution in [-0.4, -0.2) is 84.3 Å². The van der Waals surface area contributed by atoms with Gasteiger partial charge in [-0.05, 0) is 32.4 Å². The van der Waals surface area contributed by atoms with Crippen LogP contribution >= 0.6 is 18.9 Å². The van der Waals surface area contributed by atoms with Gasteiger partial charge in [-0.25, -0.2) is 0 Å². The molecule has 214 valence electrons. The SMILES string of the molecule is CCCCCC(=O)OCC(COP(=O)([O-])OCC[N+](C)(C)C)OC(=O)CCCCCCO[Si](C)(C)Cl. The Balaban J connectivity index is 4.59. The number of carbonyl (C=O) groups is 2.